The lowest BCUT2D eigenvalue weighted by Gasteiger charge is -2.35. The Kier molecular flexibility index (Phi) is 5.96. The second-order valence-electron chi connectivity index (χ2n) is 7.78. The summed E-state index contributed by atoms with van der Waals surface area (Å²) in [7, 11) is 0. The maximum absolute atomic E-state index is 13.4. The van der Waals surface area contributed by atoms with Gasteiger partial charge < -0.3 is 10.0 Å². The van der Waals surface area contributed by atoms with Crippen LogP contribution in [0.3, 0.4) is 0 Å². The highest BCUT2D eigenvalue weighted by atomic mass is 16.4. The van der Waals surface area contributed by atoms with Gasteiger partial charge in [-0.15, -0.1) is 0 Å². The molecule has 1 saturated carbocycles. The van der Waals surface area contributed by atoms with E-state index in [2.05, 4.69) is 6.08 Å². The van der Waals surface area contributed by atoms with Crippen molar-refractivity contribution in [2.45, 2.75) is 83.1 Å². The summed E-state index contributed by atoms with van der Waals surface area (Å²) in [6, 6.07) is -0.602. The van der Waals surface area contributed by atoms with Crippen molar-refractivity contribution in [3.05, 3.63) is 11.6 Å². The lowest BCUT2D eigenvalue weighted by Crippen LogP contribution is -2.46. The number of likely N-dealkylation sites (tertiary alicyclic amines) is 1. The Bertz CT molecular complexity index is 493. The standard InChI is InChI=1S/C20H31NO3/c22-19(21-14-8-13-17(21)20(23)24)18(16-11-6-3-7-12-16)15-9-4-1-2-5-10-15/h9,16-18H,1-8,10-14H2,(H,23,24)/t17-,18?/m0/s1. The molecule has 134 valence electrons. The summed E-state index contributed by atoms with van der Waals surface area (Å²) in [5.74, 6) is -0.355. The number of carboxylic acid groups (broad SMARTS) is 1. The highest BCUT2D eigenvalue weighted by Gasteiger charge is 2.41. The third-order valence-corrected chi connectivity index (χ3v) is 6.18. The van der Waals surface area contributed by atoms with Gasteiger partial charge in [0.05, 0.1) is 5.92 Å². The van der Waals surface area contributed by atoms with Crippen LogP contribution in [0.5, 0.6) is 0 Å². The van der Waals surface area contributed by atoms with Crippen LogP contribution in [-0.2, 0) is 9.59 Å². The minimum atomic E-state index is -0.835. The zero-order chi connectivity index (χ0) is 16.9. The van der Waals surface area contributed by atoms with E-state index in [0.29, 0.717) is 18.9 Å². The van der Waals surface area contributed by atoms with Gasteiger partial charge in [-0.2, -0.15) is 0 Å². The smallest absolute Gasteiger partial charge is 0.326 e. The van der Waals surface area contributed by atoms with Crippen LogP contribution in [0, 0.1) is 11.8 Å². The molecule has 1 unspecified atom stereocenters. The molecule has 1 heterocycles. The van der Waals surface area contributed by atoms with Crippen molar-refractivity contribution in [2.24, 2.45) is 11.8 Å². The van der Waals surface area contributed by atoms with E-state index in [1.54, 1.807) is 4.90 Å². The van der Waals surface area contributed by atoms with Crippen LogP contribution in [0.2, 0.25) is 0 Å². The van der Waals surface area contributed by atoms with E-state index in [4.69, 9.17) is 0 Å². The van der Waals surface area contributed by atoms with Gasteiger partial charge in [-0.3, -0.25) is 4.79 Å². The largest absolute Gasteiger partial charge is 0.480 e. The third-order valence-electron chi connectivity index (χ3n) is 6.18. The quantitative estimate of drug-likeness (QED) is 0.786. The number of hydrogen-bond donors (Lipinski definition) is 1. The number of allylic oxidation sites excluding steroid dienone is 1. The fourth-order valence-electron chi connectivity index (χ4n) is 4.92. The topological polar surface area (TPSA) is 57.6 Å². The molecule has 0 aromatic heterocycles. The Labute approximate surface area is 145 Å². The van der Waals surface area contributed by atoms with Crippen molar-refractivity contribution in [2.75, 3.05) is 6.54 Å². The molecule has 1 N–H and O–H groups in total. The molecule has 0 aromatic rings. The third kappa shape index (κ3) is 3.84. The summed E-state index contributed by atoms with van der Waals surface area (Å²) >= 11 is 0. The molecule has 2 fully saturated rings. The lowest BCUT2D eigenvalue weighted by atomic mass is 9.74. The van der Waals surface area contributed by atoms with Crippen LogP contribution in [0.15, 0.2) is 11.6 Å². The molecule has 1 aliphatic heterocycles. The molecule has 24 heavy (non-hydrogen) atoms. The first-order chi connectivity index (χ1) is 11.7. The summed E-state index contributed by atoms with van der Waals surface area (Å²) in [6.45, 7) is 0.617. The highest BCUT2D eigenvalue weighted by molar-refractivity contribution is 5.87. The molecule has 4 heteroatoms. The van der Waals surface area contributed by atoms with Gasteiger partial charge in [0, 0.05) is 6.54 Å². The van der Waals surface area contributed by atoms with Crippen molar-refractivity contribution in [1.29, 1.82) is 0 Å². The van der Waals surface area contributed by atoms with Crippen molar-refractivity contribution in [3.63, 3.8) is 0 Å². The molecular formula is C20H31NO3. The number of aliphatic carboxylic acids is 1. The van der Waals surface area contributed by atoms with Crippen LogP contribution in [0.4, 0.5) is 0 Å². The Balaban J connectivity index is 1.83. The van der Waals surface area contributed by atoms with Crippen LogP contribution in [-0.4, -0.2) is 34.5 Å². The van der Waals surface area contributed by atoms with Crippen LogP contribution in [0.1, 0.15) is 77.0 Å². The predicted octanol–water partition coefficient (Wildman–Crippen LogP) is 4.15. The van der Waals surface area contributed by atoms with E-state index in [-0.39, 0.29) is 11.8 Å². The molecule has 0 bridgehead atoms. The Morgan fingerprint density at radius 1 is 1.00 bits per heavy atom. The summed E-state index contributed by atoms with van der Waals surface area (Å²) in [4.78, 5) is 26.6. The molecule has 3 aliphatic rings. The zero-order valence-corrected chi connectivity index (χ0v) is 14.7. The van der Waals surface area contributed by atoms with Crippen molar-refractivity contribution >= 4 is 11.9 Å². The van der Waals surface area contributed by atoms with Crippen molar-refractivity contribution in [1.82, 2.24) is 4.90 Å². The number of carboxylic acids is 1. The van der Waals surface area contributed by atoms with E-state index < -0.39 is 12.0 Å². The molecule has 0 radical (unpaired) electrons. The molecule has 2 aliphatic carbocycles. The Morgan fingerprint density at radius 3 is 2.50 bits per heavy atom. The van der Waals surface area contributed by atoms with Crippen molar-refractivity contribution < 1.29 is 14.7 Å². The second-order valence-corrected chi connectivity index (χ2v) is 7.78. The van der Waals surface area contributed by atoms with Gasteiger partial charge in [-0.05, 0) is 57.3 Å². The average molecular weight is 333 g/mol. The lowest BCUT2D eigenvalue weighted by molar-refractivity contribution is -0.150. The number of nitrogens with zero attached hydrogens (tertiary/aromatic N) is 1. The van der Waals surface area contributed by atoms with Crippen LogP contribution >= 0.6 is 0 Å². The van der Waals surface area contributed by atoms with E-state index in [9.17, 15) is 14.7 Å². The first kappa shape index (κ1) is 17.5. The fraction of sp³-hybridized carbons (Fsp3) is 0.800. The van der Waals surface area contributed by atoms with Crippen LogP contribution < -0.4 is 0 Å². The molecular weight excluding hydrogens is 302 g/mol. The molecule has 0 aromatic carbocycles. The monoisotopic (exact) mass is 333 g/mol. The summed E-state index contributed by atoms with van der Waals surface area (Å²) in [5, 5.41) is 9.47. The molecule has 0 spiro atoms. The number of amides is 1. The number of carbonyl (C=O) groups is 2. The molecule has 3 rings (SSSR count). The molecule has 1 saturated heterocycles. The average Bonchev–Trinajstić information content (AvgIpc) is 2.94. The van der Waals surface area contributed by atoms with Crippen molar-refractivity contribution in [3.8, 4) is 0 Å². The molecule has 1 amide bonds. The van der Waals surface area contributed by atoms with Gasteiger partial charge in [-0.1, -0.05) is 37.3 Å². The van der Waals surface area contributed by atoms with E-state index >= 15 is 0 Å². The molecule has 2 atom stereocenters. The maximum Gasteiger partial charge on any atom is 0.326 e. The fourth-order valence-corrected chi connectivity index (χ4v) is 4.92. The first-order valence-electron chi connectivity index (χ1n) is 9.90. The summed E-state index contributed by atoms with van der Waals surface area (Å²) in [5.41, 5.74) is 1.32. The van der Waals surface area contributed by atoms with Gasteiger partial charge in [-0.25, -0.2) is 4.79 Å². The van der Waals surface area contributed by atoms with E-state index in [1.165, 1.54) is 44.1 Å². The minimum Gasteiger partial charge on any atom is -0.480 e. The Morgan fingerprint density at radius 2 is 1.75 bits per heavy atom. The van der Waals surface area contributed by atoms with Crippen LogP contribution in [0.25, 0.3) is 0 Å². The first-order valence-corrected chi connectivity index (χ1v) is 9.90. The highest BCUT2D eigenvalue weighted by Crippen LogP contribution is 2.39. The second kappa shape index (κ2) is 8.17. The predicted molar refractivity (Wildman–Crippen MR) is 93.6 cm³/mol. The van der Waals surface area contributed by atoms with Gasteiger partial charge >= 0.3 is 5.97 Å². The number of rotatable bonds is 4. The summed E-state index contributed by atoms with van der Waals surface area (Å²) in [6.07, 6.45) is 15.4. The van der Waals surface area contributed by atoms with Gasteiger partial charge in [0.1, 0.15) is 6.04 Å². The zero-order valence-electron chi connectivity index (χ0n) is 14.7. The minimum absolute atomic E-state index is 0.0525. The number of carbonyl (C=O) groups excluding carboxylic acids is 1. The van der Waals surface area contributed by atoms with Gasteiger partial charge in [0.15, 0.2) is 0 Å². The maximum atomic E-state index is 13.4. The molecule has 4 nitrogen and oxygen atoms in total. The van der Waals surface area contributed by atoms with Gasteiger partial charge in [0.2, 0.25) is 5.91 Å². The van der Waals surface area contributed by atoms with Gasteiger partial charge in [0.25, 0.3) is 0 Å². The number of hydrogen-bond acceptors (Lipinski definition) is 2. The van der Waals surface area contributed by atoms with E-state index in [0.717, 1.165) is 32.1 Å². The normalized spacial score (nSPS) is 27.4. The Hall–Kier alpha value is -1.32. The SMILES string of the molecule is O=C(O)[C@@H]1CCCN1C(=O)C(C1=CCCCCC1)C1CCCCC1. The summed E-state index contributed by atoms with van der Waals surface area (Å²) < 4.78 is 0. The van der Waals surface area contributed by atoms with E-state index in [1.807, 2.05) is 0 Å².